The minimum absolute atomic E-state index is 0.157. The second-order valence-electron chi connectivity index (χ2n) is 4.98. The van der Waals surface area contributed by atoms with Gasteiger partial charge >= 0.3 is 0 Å². The van der Waals surface area contributed by atoms with E-state index in [1.807, 2.05) is 25.1 Å². The highest BCUT2D eigenvalue weighted by molar-refractivity contribution is 5.92. The van der Waals surface area contributed by atoms with E-state index >= 15 is 0 Å². The van der Waals surface area contributed by atoms with Crippen LogP contribution in [0.1, 0.15) is 25.3 Å². The fraction of sp³-hybridized carbons (Fsp3) is 0.278. The topological polar surface area (TPSA) is 38.3 Å². The molecule has 0 fully saturated rings. The van der Waals surface area contributed by atoms with Crippen LogP contribution in [0.4, 0.5) is 10.1 Å². The van der Waals surface area contributed by atoms with Crippen molar-refractivity contribution in [2.75, 3.05) is 11.9 Å². The van der Waals surface area contributed by atoms with Gasteiger partial charge in [-0.05, 0) is 36.6 Å². The first-order valence-corrected chi connectivity index (χ1v) is 7.45. The number of halogens is 1. The number of rotatable bonds is 7. The van der Waals surface area contributed by atoms with E-state index in [2.05, 4.69) is 5.32 Å². The van der Waals surface area contributed by atoms with Crippen LogP contribution in [-0.2, 0) is 11.2 Å². The molecule has 0 aromatic heterocycles. The van der Waals surface area contributed by atoms with E-state index in [1.54, 1.807) is 24.3 Å². The number of hydrogen-bond acceptors (Lipinski definition) is 2. The number of nitrogens with one attached hydrogen (secondary N) is 1. The molecule has 116 valence electrons. The lowest BCUT2D eigenvalue weighted by Crippen LogP contribution is -2.13. The highest BCUT2D eigenvalue weighted by Crippen LogP contribution is 2.24. The molecule has 2 aromatic rings. The van der Waals surface area contributed by atoms with Gasteiger partial charge in [0.05, 0.1) is 12.3 Å². The summed E-state index contributed by atoms with van der Waals surface area (Å²) in [4.78, 5) is 12.0. The molecule has 3 nitrogen and oxygen atoms in total. The molecule has 0 atom stereocenters. The number of hydrogen-bond donors (Lipinski definition) is 1. The second-order valence-corrected chi connectivity index (χ2v) is 4.98. The van der Waals surface area contributed by atoms with Crippen molar-refractivity contribution in [2.45, 2.75) is 26.2 Å². The predicted octanol–water partition coefficient (Wildman–Crippen LogP) is 4.19. The lowest BCUT2D eigenvalue weighted by atomic mass is 10.1. The highest BCUT2D eigenvalue weighted by atomic mass is 19.1. The predicted molar refractivity (Wildman–Crippen MR) is 85.6 cm³/mol. The van der Waals surface area contributed by atoms with Gasteiger partial charge in [0.15, 0.2) is 0 Å². The number of carbonyl (C=O) groups excluding carboxylic acids is 1. The zero-order valence-corrected chi connectivity index (χ0v) is 12.6. The summed E-state index contributed by atoms with van der Waals surface area (Å²) in [6.45, 7) is 2.62. The molecule has 0 saturated heterocycles. The van der Waals surface area contributed by atoms with E-state index in [-0.39, 0.29) is 18.1 Å². The lowest BCUT2D eigenvalue weighted by Gasteiger charge is -2.12. The normalized spacial score (nSPS) is 10.3. The summed E-state index contributed by atoms with van der Waals surface area (Å²) in [5.74, 6) is 0.223. The highest BCUT2D eigenvalue weighted by Gasteiger charge is 2.09. The summed E-state index contributed by atoms with van der Waals surface area (Å²) in [6.07, 6.45) is 1.50. The average Bonchev–Trinajstić information content (AvgIpc) is 2.53. The Labute approximate surface area is 130 Å². The number of aryl methyl sites for hydroxylation is 1. The van der Waals surface area contributed by atoms with Gasteiger partial charge in [-0.25, -0.2) is 4.39 Å². The number of benzene rings is 2. The Balaban J connectivity index is 1.93. The van der Waals surface area contributed by atoms with Gasteiger partial charge in [0, 0.05) is 6.42 Å². The smallest absolute Gasteiger partial charge is 0.224 e. The summed E-state index contributed by atoms with van der Waals surface area (Å²) in [7, 11) is 0. The van der Waals surface area contributed by atoms with E-state index in [9.17, 15) is 9.18 Å². The van der Waals surface area contributed by atoms with Crippen LogP contribution in [0.2, 0.25) is 0 Å². The maximum Gasteiger partial charge on any atom is 0.224 e. The fourth-order valence-corrected chi connectivity index (χ4v) is 2.07. The Bertz CT molecular complexity index is 628. The van der Waals surface area contributed by atoms with Crippen LogP contribution >= 0.6 is 0 Å². The van der Waals surface area contributed by atoms with Gasteiger partial charge in [-0.2, -0.15) is 0 Å². The van der Waals surface area contributed by atoms with Crippen LogP contribution < -0.4 is 10.1 Å². The molecule has 2 aromatic carbocycles. The van der Waals surface area contributed by atoms with Crippen LogP contribution in [0.25, 0.3) is 0 Å². The van der Waals surface area contributed by atoms with Crippen molar-refractivity contribution in [1.29, 1.82) is 0 Å². The molecule has 0 heterocycles. The third-order valence-corrected chi connectivity index (χ3v) is 3.20. The molecule has 0 aliphatic rings. The summed E-state index contributed by atoms with van der Waals surface area (Å²) in [5.41, 5.74) is 1.20. The molecule has 0 unspecified atom stereocenters. The van der Waals surface area contributed by atoms with Gasteiger partial charge in [-0.15, -0.1) is 0 Å². The molecule has 0 radical (unpaired) electrons. The average molecular weight is 301 g/mol. The molecule has 0 spiro atoms. The second kappa shape index (κ2) is 8.17. The maximum atomic E-state index is 13.5. The third-order valence-electron chi connectivity index (χ3n) is 3.20. The van der Waals surface area contributed by atoms with E-state index in [1.165, 1.54) is 6.07 Å². The van der Waals surface area contributed by atoms with Crippen molar-refractivity contribution in [3.63, 3.8) is 0 Å². The molecule has 1 amide bonds. The zero-order valence-electron chi connectivity index (χ0n) is 12.6. The quantitative estimate of drug-likeness (QED) is 0.833. The Morgan fingerprint density at radius 2 is 1.86 bits per heavy atom. The van der Waals surface area contributed by atoms with Gasteiger partial charge in [0.1, 0.15) is 11.6 Å². The SMILES string of the molecule is CCCOc1ccccc1NC(=O)CCc1ccccc1F. The molecule has 0 aliphatic carbocycles. The van der Waals surface area contributed by atoms with Gasteiger partial charge in [-0.1, -0.05) is 37.3 Å². The summed E-state index contributed by atoms with van der Waals surface area (Å²) >= 11 is 0. The van der Waals surface area contributed by atoms with Crippen molar-refractivity contribution in [1.82, 2.24) is 0 Å². The fourth-order valence-electron chi connectivity index (χ4n) is 2.07. The van der Waals surface area contributed by atoms with Crippen LogP contribution in [0, 0.1) is 5.82 Å². The maximum absolute atomic E-state index is 13.5. The molecule has 0 bridgehead atoms. The molecular weight excluding hydrogens is 281 g/mol. The summed E-state index contributed by atoms with van der Waals surface area (Å²) in [5, 5.41) is 2.82. The van der Waals surface area contributed by atoms with E-state index in [0.717, 1.165) is 6.42 Å². The lowest BCUT2D eigenvalue weighted by molar-refractivity contribution is -0.116. The molecular formula is C18H20FNO2. The molecule has 22 heavy (non-hydrogen) atoms. The number of carbonyl (C=O) groups is 1. The molecule has 1 N–H and O–H groups in total. The molecule has 4 heteroatoms. The van der Waals surface area contributed by atoms with Crippen LogP contribution in [0.5, 0.6) is 5.75 Å². The monoisotopic (exact) mass is 301 g/mol. The first kappa shape index (κ1) is 16.0. The third kappa shape index (κ3) is 4.58. The van der Waals surface area contributed by atoms with Crippen molar-refractivity contribution in [3.8, 4) is 5.75 Å². The summed E-state index contributed by atoms with van der Waals surface area (Å²) < 4.78 is 19.1. The van der Waals surface area contributed by atoms with Gasteiger partial charge in [-0.3, -0.25) is 4.79 Å². The Hall–Kier alpha value is -2.36. The van der Waals surface area contributed by atoms with Crippen LogP contribution in [-0.4, -0.2) is 12.5 Å². The van der Waals surface area contributed by atoms with E-state index in [0.29, 0.717) is 30.0 Å². The Morgan fingerprint density at radius 1 is 1.14 bits per heavy atom. The van der Waals surface area contributed by atoms with Crippen molar-refractivity contribution in [3.05, 3.63) is 59.9 Å². The van der Waals surface area contributed by atoms with Crippen LogP contribution in [0.3, 0.4) is 0 Å². The number of amides is 1. The van der Waals surface area contributed by atoms with E-state index in [4.69, 9.17) is 4.74 Å². The van der Waals surface area contributed by atoms with Crippen molar-refractivity contribution in [2.24, 2.45) is 0 Å². The van der Waals surface area contributed by atoms with Gasteiger partial charge in [0.2, 0.25) is 5.91 Å². The van der Waals surface area contributed by atoms with Gasteiger partial charge < -0.3 is 10.1 Å². The van der Waals surface area contributed by atoms with E-state index < -0.39 is 0 Å². The first-order chi connectivity index (χ1) is 10.7. The Kier molecular flexibility index (Phi) is 5.95. The molecule has 0 aliphatic heterocycles. The first-order valence-electron chi connectivity index (χ1n) is 7.45. The number of para-hydroxylation sites is 2. The molecule has 2 rings (SSSR count). The largest absolute Gasteiger partial charge is 0.491 e. The molecule has 0 saturated carbocycles. The van der Waals surface area contributed by atoms with Crippen molar-refractivity contribution >= 4 is 11.6 Å². The number of anilines is 1. The zero-order chi connectivity index (χ0) is 15.8. The summed E-state index contributed by atoms with van der Waals surface area (Å²) in [6, 6.07) is 13.8. The van der Waals surface area contributed by atoms with Crippen LogP contribution in [0.15, 0.2) is 48.5 Å². The number of ether oxygens (including phenoxy) is 1. The minimum atomic E-state index is -0.276. The Morgan fingerprint density at radius 3 is 2.64 bits per heavy atom. The standard InChI is InChI=1S/C18H20FNO2/c1-2-13-22-17-10-6-5-9-16(17)20-18(21)12-11-14-7-3-4-8-15(14)19/h3-10H,2,11-13H2,1H3,(H,20,21). The minimum Gasteiger partial charge on any atom is -0.491 e. The van der Waals surface area contributed by atoms with Crippen molar-refractivity contribution < 1.29 is 13.9 Å². The van der Waals surface area contributed by atoms with Gasteiger partial charge in [0.25, 0.3) is 0 Å².